The first-order valence-electron chi connectivity index (χ1n) is 7.94. The first kappa shape index (κ1) is 20.3. The molecule has 0 N–H and O–H groups in total. The molecule has 0 bridgehead atoms. The Morgan fingerprint density at radius 3 is 2.04 bits per heavy atom. The van der Waals surface area contributed by atoms with Crippen LogP contribution in [0.15, 0.2) is 26.6 Å². The second-order valence-corrected chi connectivity index (χ2v) is 10.9. The molecule has 0 amide bonds. The average Bonchev–Trinajstić information content (AvgIpc) is 3.23. The number of rotatable bonds is 5. The zero-order valence-corrected chi connectivity index (χ0v) is 17.0. The van der Waals surface area contributed by atoms with Gasteiger partial charge in [-0.25, -0.2) is 21.5 Å². The van der Waals surface area contributed by atoms with E-state index in [1.54, 1.807) is 11.4 Å². The van der Waals surface area contributed by atoms with E-state index < -0.39 is 26.6 Å². The molecule has 1 saturated heterocycles. The van der Waals surface area contributed by atoms with Crippen molar-refractivity contribution in [3.8, 4) is 0 Å². The van der Waals surface area contributed by atoms with E-state index >= 15 is 0 Å². The van der Waals surface area contributed by atoms with E-state index in [-0.39, 0.29) is 46.7 Å². The highest BCUT2D eigenvalue weighted by Gasteiger charge is 2.37. The molecule has 150 valence electrons. The Kier molecular flexibility index (Phi) is 5.42. The molecule has 3 rings (SSSR count). The topological polar surface area (TPSA) is 92.6 Å². The van der Waals surface area contributed by atoms with E-state index in [1.807, 2.05) is 0 Å². The van der Waals surface area contributed by atoms with Gasteiger partial charge in [-0.05, 0) is 25.3 Å². The molecule has 1 fully saturated rings. The minimum atomic E-state index is -4.06. The maximum absolute atomic E-state index is 13.0. The third-order valence-corrected chi connectivity index (χ3v) is 9.75. The number of thiophene rings is 1. The van der Waals surface area contributed by atoms with Crippen LogP contribution in [0.3, 0.4) is 0 Å². The van der Waals surface area contributed by atoms with Gasteiger partial charge in [0.2, 0.25) is 10.0 Å². The minimum Gasteiger partial charge on any atom is -0.207 e. The van der Waals surface area contributed by atoms with Gasteiger partial charge in [-0.2, -0.15) is 22.5 Å². The average molecular weight is 441 g/mol. The maximum atomic E-state index is 13.0. The number of hydrogen-bond donors (Lipinski definition) is 0. The molecular weight excluding hydrogens is 422 g/mol. The van der Waals surface area contributed by atoms with Crippen molar-refractivity contribution < 1.29 is 25.6 Å². The molecule has 13 heteroatoms. The van der Waals surface area contributed by atoms with Crippen LogP contribution < -0.4 is 0 Å². The predicted octanol–water partition coefficient (Wildman–Crippen LogP) is 1.65. The fourth-order valence-corrected chi connectivity index (χ4v) is 7.38. The van der Waals surface area contributed by atoms with Crippen molar-refractivity contribution in [2.75, 3.05) is 26.2 Å². The fourth-order valence-electron chi connectivity index (χ4n) is 3.03. The van der Waals surface area contributed by atoms with Gasteiger partial charge in [0, 0.05) is 26.2 Å². The van der Waals surface area contributed by atoms with E-state index in [4.69, 9.17) is 0 Å². The molecular formula is C14H18F2N4O4S3. The molecule has 3 heterocycles. The maximum Gasteiger partial charge on any atom is 0.333 e. The number of halogens is 2. The number of aryl methyl sites for hydroxylation is 1. The second-order valence-electron chi connectivity index (χ2n) is 5.96. The van der Waals surface area contributed by atoms with Crippen LogP contribution in [-0.2, 0) is 20.0 Å². The third kappa shape index (κ3) is 3.53. The summed E-state index contributed by atoms with van der Waals surface area (Å²) in [5, 5.41) is 5.27. The fraction of sp³-hybridized carbons (Fsp3) is 0.500. The standard InChI is InChI=1S/C14H18F2N4O4S3/c1-10-13(11(2)20(17-10)14(15)16)27(23,24)19-7-5-18(6-8-19)26(21,22)12-4-3-9-25-12/h3-4,9,14H,5-8H2,1-2H3. The molecule has 0 aliphatic carbocycles. The van der Waals surface area contributed by atoms with E-state index in [1.165, 1.54) is 24.2 Å². The third-order valence-electron chi connectivity index (χ3n) is 4.33. The van der Waals surface area contributed by atoms with Gasteiger partial charge in [0.05, 0.1) is 11.4 Å². The van der Waals surface area contributed by atoms with Gasteiger partial charge in [-0.15, -0.1) is 11.3 Å². The largest absolute Gasteiger partial charge is 0.333 e. The van der Waals surface area contributed by atoms with Crippen molar-refractivity contribution in [2.45, 2.75) is 29.5 Å². The molecule has 2 aromatic rings. The summed E-state index contributed by atoms with van der Waals surface area (Å²) >= 11 is 1.09. The lowest BCUT2D eigenvalue weighted by atomic mass is 10.4. The van der Waals surface area contributed by atoms with Gasteiger partial charge < -0.3 is 0 Å². The van der Waals surface area contributed by atoms with Crippen LogP contribution in [-0.4, -0.2) is 61.4 Å². The lowest BCUT2D eigenvalue weighted by Crippen LogP contribution is -2.50. The van der Waals surface area contributed by atoms with E-state index in [0.29, 0.717) is 4.68 Å². The number of nitrogens with zero attached hydrogens (tertiary/aromatic N) is 4. The van der Waals surface area contributed by atoms with Crippen molar-refractivity contribution in [1.29, 1.82) is 0 Å². The van der Waals surface area contributed by atoms with E-state index in [9.17, 15) is 25.6 Å². The lowest BCUT2D eigenvalue weighted by Gasteiger charge is -2.33. The molecule has 0 saturated carbocycles. The predicted molar refractivity (Wildman–Crippen MR) is 94.8 cm³/mol. The second kappa shape index (κ2) is 7.20. The van der Waals surface area contributed by atoms with E-state index in [2.05, 4.69) is 5.10 Å². The van der Waals surface area contributed by atoms with Crippen molar-refractivity contribution >= 4 is 31.4 Å². The summed E-state index contributed by atoms with van der Waals surface area (Å²) in [6.07, 6.45) is 0. The SMILES string of the molecule is Cc1nn(C(F)F)c(C)c1S(=O)(=O)N1CCN(S(=O)(=O)c2cccs2)CC1. The Balaban J connectivity index is 1.82. The summed E-state index contributed by atoms with van der Waals surface area (Å²) < 4.78 is 79.8. The molecule has 27 heavy (non-hydrogen) atoms. The summed E-state index contributed by atoms with van der Waals surface area (Å²) in [7, 11) is -7.72. The monoisotopic (exact) mass is 440 g/mol. The number of hydrogen-bond acceptors (Lipinski definition) is 6. The van der Waals surface area contributed by atoms with Gasteiger partial charge in [0.25, 0.3) is 10.0 Å². The Bertz CT molecular complexity index is 1020. The van der Waals surface area contributed by atoms with Crippen LogP contribution in [0.4, 0.5) is 8.78 Å². The molecule has 0 spiro atoms. The van der Waals surface area contributed by atoms with Crippen molar-refractivity contribution in [1.82, 2.24) is 18.4 Å². The van der Waals surface area contributed by atoms with Crippen LogP contribution >= 0.6 is 11.3 Å². The highest BCUT2D eigenvalue weighted by atomic mass is 32.2. The van der Waals surface area contributed by atoms with Crippen molar-refractivity contribution in [3.63, 3.8) is 0 Å². The number of piperazine rings is 1. The summed E-state index contributed by atoms with van der Waals surface area (Å²) in [5.74, 6) is 0. The molecule has 0 radical (unpaired) electrons. The van der Waals surface area contributed by atoms with Gasteiger partial charge in [0.1, 0.15) is 9.10 Å². The van der Waals surface area contributed by atoms with Gasteiger partial charge in [-0.3, -0.25) is 0 Å². The summed E-state index contributed by atoms with van der Waals surface area (Å²) in [6, 6.07) is 3.12. The molecule has 0 aromatic carbocycles. The van der Waals surface area contributed by atoms with Crippen LogP contribution in [0.25, 0.3) is 0 Å². The highest BCUT2D eigenvalue weighted by Crippen LogP contribution is 2.28. The van der Waals surface area contributed by atoms with Gasteiger partial charge >= 0.3 is 6.55 Å². The van der Waals surface area contributed by atoms with Crippen molar-refractivity contribution in [3.05, 3.63) is 28.9 Å². The Morgan fingerprint density at radius 1 is 1.04 bits per heavy atom. The molecule has 0 unspecified atom stereocenters. The quantitative estimate of drug-likeness (QED) is 0.705. The summed E-state index contributed by atoms with van der Waals surface area (Å²) in [6.45, 7) is -0.467. The van der Waals surface area contributed by atoms with E-state index in [0.717, 1.165) is 15.6 Å². The molecule has 1 aliphatic heterocycles. The lowest BCUT2D eigenvalue weighted by molar-refractivity contribution is 0.0538. The number of aromatic nitrogens is 2. The summed E-state index contributed by atoms with van der Waals surface area (Å²) in [4.78, 5) is -0.252. The van der Waals surface area contributed by atoms with Gasteiger partial charge in [0.15, 0.2) is 0 Å². The molecule has 2 aromatic heterocycles. The zero-order valence-electron chi connectivity index (χ0n) is 14.5. The number of sulfonamides is 2. The zero-order chi connectivity index (χ0) is 20.0. The van der Waals surface area contributed by atoms with Crippen molar-refractivity contribution in [2.24, 2.45) is 0 Å². The normalized spacial score (nSPS) is 17.7. The molecule has 8 nitrogen and oxygen atoms in total. The molecule has 1 aliphatic rings. The highest BCUT2D eigenvalue weighted by molar-refractivity contribution is 7.91. The Morgan fingerprint density at radius 2 is 1.59 bits per heavy atom. The van der Waals surface area contributed by atoms with Crippen LogP contribution in [0.2, 0.25) is 0 Å². The Hall–Kier alpha value is -1.41. The van der Waals surface area contributed by atoms with Crippen LogP contribution in [0.1, 0.15) is 17.9 Å². The summed E-state index contributed by atoms with van der Waals surface area (Å²) in [5.41, 5.74) is -0.155. The van der Waals surface area contributed by atoms with Crippen LogP contribution in [0.5, 0.6) is 0 Å². The Labute approximate surface area is 160 Å². The molecule has 0 atom stereocenters. The smallest absolute Gasteiger partial charge is 0.207 e. The number of alkyl halides is 2. The first-order valence-corrected chi connectivity index (χ1v) is 11.7. The first-order chi connectivity index (χ1) is 12.6. The minimum absolute atomic E-state index is 0.0126. The van der Waals surface area contributed by atoms with Crippen LogP contribution in [0, 0.1) is 13.8 Å². The van der Waals surface area contributed by atoms with Gasteiger partial charge in [-0.1, -0.05) is 6.07 Å².